The monoisotopic (exact) mass is 337 g/mol. The van der Waals surface area contributed by atoms with Crippen molar-refractivity contribution in [1.82, 2.24) is 9.71 Å². The summed E-state index contributed by atoms with van der Waals surface area (Å²) in [6, 6.07) is 1.13. The van der Waals surface area contributed by atoms with E-state index in [1.165, 1.54) is 19.4 Å². The number of sulfonamides is 1. The van der Waals surface area contributed by atoms with Crippen molar-refractivity contribution in [2.75, 3.05) is 19.5 Å². The van der Waals surface area contributed by atoms with Crippen LogP contribution in [0.5, 0.6) is 0 Å². The van der Waals surface area contributed by atoms with E-state index < -0.39 is 10.0 Å². The van der Waals surface area contributed by atoms with E-state index in [1.54, 1.807) is 0 Å². The van der Waals surface area contributed by atoms with E-state index in [9.17, 15) is 8.42 Å². The summed E-state index contributed by atoms with van der Waals surface area (Å²) in [5.41, 5.74) is 5.58. The average molecular weight is 338 g/mol. The summed E-state index contributed by atoms with van der Waals surface area (Å²) in [5, 5.41) is 0. The third kappa shape index (κ3) is 3.91. The molecule has 0 bridgehead atoms. The molecule has 3 N–H and O–H groups in total. The Hall–Kier alpha value is -0.700. The highest BCUT2D eigenvalue weighted by atomic mass is 79.9. The van der Waals surface area contributed by atoms with E-state index in [4.69, 9.17) is 10.5 Å². The van der Waals surface area contributed by atoms with Gasteiger partial charge in [-0.1, -0.05) is 6.92 Å². The van der Waals surface area contributed by atoms with Crippen LogP contribution in [0.15, 0.2) is 21.6 Å². The summed E-state index contributed by atoms with van der Waals surface area (Å²) in [5.74, 6) is -0.0297. The predicted molar refractivity (Wildman–Crippen MR) is 72.6 cm³/mol. The van der Waals surface area contributed by atoms with Crippen LogP contribution in [0.4, 0.5) is 5.82 Å². The Morgan fingerprint density at radius 2 is 2.28 bits per heavy atom. The highest BCUT2D eigenvalue weighted by molar-refractivity contribution is 9.10. The van der Waals surface area contributed by atoms with Crippen molar-refractivity contribution in [2.24, 2.45) is 0 Å². The van der Waals surface area contributed by atoms with Crippen LogP contribution in [0.2, 0.25) is 0 Å². The highest BCUT2D eigenvalue weighted by Crippen LogP contribution is 2.20. The average Bonchev–Trinajstić information content (AvgIpc) is 2.31. The van der Waals surface area contributed by atoms with Crippen molar-refractivity contribution < 1.29 is 13.2 Å². The lowest BCUT2D eigenvalue weighted by Crippen LogP contribution is -2.37. The molecule has 1 rings (SSSR count). The molecule has 18 heavy (non-hydrogen) atoms. The number of rotatable bonds is 6. The van der Waals surface area contributed by atoms with Gasteiger partial charge >= 0.3 is 0 Å². The summed E-state index contributed by atoms with van der Waals surface area (Å²) >= 11 is 3.17. The molecule has 0 aliphatic rings. The molecule has 6 nitrogen and oxygen atoms in total. The molecule has 1 unspecified atom stereocenters. The van der Waals surface area contributed by atoms with Crippen molar-refractivity contribution in [2.45, 2.75) is 24.3 Å². The summed E-state index contributed by atoms with van der Waals surface area (Å²) in [4.78, 5) is 3.77. The van der Waals surface area contributed by atoms with Crippen molar-refractivity contribution in [3.05, 3.63) is 16.7 Å². The third-order valence-electron chi connectivity index (χ3n) is 2.32. The molecule has 1 heterocycles. The lowest BCUT2D eigenvalue weighted by Gasteiger charge is -2.16. The van der Waals surface area contributed by atoms with Crippen molar-refractivity contribution in [1.29, 1.82) is 0 Å². The smallest absolute Gasteiger partial charge is 0.244 e. The fourth-order valence-corrected chi connectivity index (χ4v) is 3.26. The molecule has 0 fully saturated rings. The summed E-state index contributed by atoms with van der Waals surface area (Å²) in [7, 11) is -2.17. The normalized spacial score (nSPS) is 13.5. The zero-order chi connectivity index (χ0) is 13.8. The van der Waals surface area contributed by atoms with Gasteiger partial charge in [-0.25, -0.2) is 18.1 Å². The second-order valence-electron chi connectivity index (χ2n) is 3.72. The van der Waals surface area contributed by atoms with E-state index in [-0.39, 0.29) is 16.8 Å². The van der Waals surface area contributed by atoms with Gasteiger partial charge in [0.05, 0.1) is 6.61 Å². The summed E-state index contributed by atoms with van der Waals surface area (Å²) in [6.07, 6.45) is 2.06. The molecule has 0 aliphatic heterocycles. The molecule has 1 aromatic rings. The van der Waals surface area contributed by atoms with Crippen molar-refractivity contribution >= 4 is 31.8 Å². The van der Waals surface area contributed by atoms with Gasteiger partial charge in [-0.2, -0.15) is 0 Å². The standard InChI is InChI=1S/C10H16BrN3O3S/c1-3-8(6-17-2)14-18(15,16)9-4-7(11)5-13-10(9)12/h4-5,8,14H,3,6H2,1-2H3,(H2,12,13). The second kappa shape index (κ2) is 6.46. The number of nitrogens with one attached hydrogen (secondary N) is 1. The van der Waals surface area contributed by atoms with E-state index in [0.29, 0.717) is 17.5 Å². The van der Waals surface area contributed by atoms with Crippen molar-refractivity contribution in [3.63, 3.8) is 0 Å². The minimum atomic E-state index is -3.69. The van der Waals surface area contributed by atoms with E-state index in [0.717, 1.165) is 0 Å². The fourth-order valence-electron chi connectivity index (χ4n) is 1.37. The van der Waals surface area contributed by atoms with Crippen LogP contribution >= 0.6 is 15.9 Å². The molecule has 0 aromatic carbocycles. The molecule has 8 heteroatoms. The Kier molecular flexibility index (Phi) is 5.51. The Bertz CT molecular complexity index is 507. The Balaban J connectivity index is 3.02. The van der Waals surface area contributed by atoms with Gasteiger partial charge in [0.15, 0.2) is 0 Å². The molecule has 0 spiro atoms. The maximum absolute atomic E-state index is 12.1. The van der Waals surface area contributed by atoms with Gasteiger partial charge in [0.1, 0.15) is 10.7 Å². The molecule has 102 valence electrons. The zero-order valence-corrected chi connectivity index (χ0v) is 12.6. The molecular formula is C10H16BrN3O3S. The van der Waals surface area contributed by atoms with Gasteiger partial charge in [-0.15, -0.1) is 0 Å². The number of hydrogen-bond acceptors (Lipinski definition) is 5. The fraction of sp³-hybridized carbons (Fsp3) is 0.500. The van der Waals surface area contributed by atoms with Crippen LogP contribution in [0.25, 0.3) is 0 Å². The van der Waals surface area contributed by atoms with Gasteiger partial charge in [-0.3, -0.25) is 0 Å². The first-order valence-corrected chi connectivity index (χ1v) is 7.60. The summed E-state index contributed by atoms with van der Waals surface area (Å²) < 4.78 is 32.3. The molecular weight excluding hydrogens is 322 g/mol. The number of nitrogens with two attached hydrogens (primary N) is 1. The van der Waals surface area contributed by atoms with Crippen LogP contribution in [0, 0.1) is 0 Å². The topological polar surface area (TPSA) is 94.3 Å². The minimum absolute atomic E-state index is 0.0297. The first-order chi connectivity index (χ1) is 8.40. The van der Waals surface area contributed by atoms with E-state index >= 15 is 0 Å². The molecule has 0 aliphatic carbocycles. The number of anilines is 1. The predicted octanol–water partition coefficient (Wildman–Crippen LogP) is 1.13. The molecule has 0 saturated heterocycles. The zero-order valence-electron chi connectivity index (χ0n) is 10.2. The molecule has 1 atom stereocenters. The maximum Gasteiger partial charge on any atom is 0.244 e. The van der Waals surface area contributed by atoms with Gasteiger partial charge in [-0.05, 0) is 28.4 Å². The Labute approximate surface area is 115 Å². The molecule has 0 amide bonds. The van der Waals surface area contributed by atoms with E-state index in [1.807, 2.05) is 6.92 Å². The van der Waals surface area contributed by atoms with Crippen LogP contribution in [0.1, 0.15) is 13.3 Å². The van der Waals surface area contributed by atoms with Crippen LogP contribution in [0.3, 0.4) is 0 Å². The summed E-state index contributed by atoms with van der Waals surface area (Å²) in [6.45, 7) is 2.17. The number of nitrogens with zero attached hydrogens (tertiary/aromatic N) is 1. The first kappa shape index (κ1) is 15.4. The molecule has 0 radical (unpaired) electrons. The Morgan fingerprint density at radius 1 is 1.61 bits per heavy atom. The van der Waals surface area contributed by atoms with Crippen LogP contribution in [-0.4, -0.2) is 33.2 Å². The lowest BCUT2D eigenvalue weighted by molar-refractivity contribution is 0.173. The third-order valence-corrected chi connectivity index (χ3v) is 4.30. The van der Waals surface area contributed by atoms with Gasteiger partial charge in [0.25, 0.3) is 0 Å². The molecule has 1 aromatic heterocycles. The lowest BCUT2D eigenvalue weighted by atomic mass is 10.3. The van der Waals surface area contributed by atoms with Gasteiger partial charge < -0.3 is 10.5 Å². The number of hydrogen-bond donors (Lipinski definition) is 2. The van der Waals surface area contributed by atoms with E-state index in [2.05, 4.69) is 25.6 Å². The van der Waals surface area contributed by atoms with Gasteiger partial charge in [0.2, 0.25) is 10.0 Å². The SMILES string of the molecule is CCC(COC)NS(=O)(=O)c1cc(Br)cnc1N. The minimum Gasteiger partial charge on any atom is -0.383 e. The maximum atomic E-state index is 12.1. The number of halogens is 1. The number of ether oxygens (including phenoxy) is 1. The van der Waals surface area contributed by atoms with Crippen LogP contribution < -0.4 is 10.5 Å². The number of methoxy groups -OCH3 is 1. The quantitative estimate of drug-likeness (QED) is 0.811. The number of pyridine rings is 1. The van der Waals surface area contributed by atoms with Gasteiger partial charge in [0, 0.05) is 23.8 Å². The largest absolute Gasteiger partial charge is 0.383 e. The van der Waals surface area contributed by atoms with Crippen LogP contribution in [-0.2, 0) is 14.8 Å². The van der Waals surface area contributed by atoms with Crippen molar-refractivity contribution in [3.8, 4) is 0 Å². The Morgan fingerprint density at radius 3 is 2.83 bits per heavy atom. The number of nitrogen functional groups attached to an aromatic ring is 1. The second-order valence-corrected chi connectivity index (χ2v) is 6.32. The highest BCUT2D eigenvalue weighted by Gasteiger charge is 2.22. The number of aromatic nitrogens is 1. The first-order valence-electron chi connectivity index (χ1n) is 5.33. The molecule has 0 saturated carbocycles.